The highest BCUT2D eigenvalue weighted by Crippen LogP contribution is 2.51. The van der Waals surface area contributed by atoms with Gasteiger partial charge in [-0.2, -0.15) is 11.8 Å². The van der Waals surface area contributed by atoms with Crippen LogP contribution in [0.15, 0.2) is 18.2 Å². The van der Waals surface area contributed by atoms with Crippen molar-refractivity contribution >= 4 is 17.7 Å². The minimum absolute atomic E-state index is 0.114. The summed E-state index contributed by atoms with van der Waals surface area (Å²) in [5, 5.41) is 0. The fourth-order valence-corrected chi connectivity index (χ4v) is 3.45. The van der Waals surface area contributed by atoms with E-state index >= 15 is 0 Å². The highest BCUT2D eigenvalue weighted by Gasteiger charge is 2.44. The van der Waals surface area contributed by atoms with Crippen molar-refractivity contribution in [2.24, 2.45) is 5.41 Å². The van der Waals surface area contributed by atoms with Gasteiger partial charge in [0, 0.05) is 5.75 Å². The molecule has 3 nitrogen and oxygen atoms in total. The smallest absolute Gasteiger partial charge is 0.306 e. The Morgan fingerprint density at radius 3 is 2.70 bits per heavy atom. The first-order valence-corrected chi connectivity index (χ1v) is 7.71. The van der Waals surface area contributed by atoms with Gasteiger partial charge in [-0.25, -0.2) is 4.39 Å². The number of ether oxygens (including phenoxy) is 2. The summed E-state index contributed by atoms with van der Waals surface area (Å²) in [6.07, 6.45) is 2.64. The van der Waals surface area contributed by atoms with Crippen molar-refractivity contribution in [2.45, 2.75) is 25.0 Å². The molecule has 20 heavy (non-hydrogen) atoms. The summed E-state index contributed by atoms with van der Waals surface area (Å²) in [6, 6.07) is 5.02. The van der Waals surface area contributed by atoms with Gasteiger partial charge in [0.25, 0.3) is 0 Å². The molecule has 0 aromatic heterocycles. The largest absolute Gasteiger partial charge is 0.494 e. The molecule has 0 bridgehead atoms. The molecule has 1 fully saturated rings. The number of methoxy groups -OCH3 is 2. The second-order valence-electron chi connectivity index (χ2n) is 5.21. The molecule has 0 N–H and O–H groups in total. The molecule has 2 rings (SSSR count). The van der Waals surface area contributed by atoms with Gasteiger partial charge in [-0.15, -0.1) is 0 Å². The first-order valence-electron chi connectivity index (χ1n) is 6.55. The number of carbonyl (C=O) groups is 1. The van der Waals surface area contributed by atoms with Gasteiger partial charge in [0.2, 0.25) is 0 Å². The van der Waals surface area contributed by atoms with Crippen LogP contribution in [-0.2, 0) is 15.3 Å². The molecule has 0 atom stereocenters. The Balaban J connectivity index is 1.81. The maximum atomic E-state index is 13.5. The van der Waals surface area contributed by atoms with Crippen molar-refractivity contribution in [1.29, 1.82) is 0 Å². The van der Waals surface area contributed by atoms with Crippen molar-refractivity contribution in [3.8, 4) is 5.75 Å². The first kappa shape index (κ1) is 15.2. The average Bonchev–Trinajstić information content (AvgIpc) is 3.18. The lowest BCUT2D eigenvalue weighted by atomic mass is 10.1. The van der Waals surface area contributed by atoms with Gasteiger partial charge in [0.05, 0.1) is 20.6 Å². The van der Waals surface area contributed by atoms with E-state index in [1.165, 1.54) is 20.3 Å². The molecule has 0 spiro atoms. The Hall–Kier alpha value is -1.23. The monoisotopic (exact) mass is 298 g/mol. The van der Waals surface area contributed by atoms with Gasteiger partial charge in [-0.3, -0.25) is 4.79 Å². The van der Waals surface area contributed by atoms with Crippen molar-refractivity contribution in [3.63, 3.8) is 0 Å². The second kappa shape index (κ2) is 6.48. The lowest BCUT2D eigenvalue weighted by Gasteiger charge is -2.13. The fourth-order valence-electron chi connectivity index (χ4n) is 2.11. The maximum Gasteiger partial charge on any atom is 0.306 e. The molecule has 5 heteroatoms. The Morgan fingerprint density at radius 1 is 1.40 bits per heavy atom. The predicted octanol–water partition coefficient (Wildman–Crippen LogP) is 3.41. The highest BCUT2D eigenvalue weighted by atomic mass is 32.2. The predicted molar refractivity (Wildman–Crippen MR) is 77.4 cm³/mol. The van der Waals surface area contributed by atoms with Crippen LogP contribution in [0.1, 0.15) is 24.8 Å². The average molecular weight is 298 g/mol. The van der Waals surface area contributed by atoms with E-state index in [4.69, 9.17) is 9.47 Å². The van der Waals surface area contributed by atoms with Gasteiger partial charge in [0.1, 0.15) is 0 Å². The third-order valence-electron chi connectivity index (χ3n) is 3.60. The fraction of sp³-hybridized carbons (Fsp3) is 0.533. The first-order chi connectivity index (χ1) is 9.58. The number of benzene rings is 1. The molecule has 0 aliphatic heterocycles. The Bertz CT molecular complexity index is 486. The van der Waals surface area contributed by atoms with Crippen molar-refractivity contribution in [3.05, 3.63) is 29.6 Å². The van der Waals surface area contributed by atoms with Gasteiger partial charge in [-0.1, -0.05) is 6.07 Å². The van der Waals surface area contributed by atoms with Crippen LogP contribution in [0.4, 0.5) is 4.39 Å². The minimum atomic E-state index is -0.332. The zero-order chi connectivity index (χ0) is 14.6. The molecule has 110 valence electrons. The Labute approximate surface area is 122 Å². The Kier molecular flexibility index (Phi) is 4.91. The van der Waals surface area contributed by atoms with Gasteiger partial charge in [0.15, 0.2) is 11.6 Å². The number of halogens is 1. The maximum absolute atomic E-state index is 13.5. The standard InChI is InChI=1S/C15H19FO3S/c1-18-13-4-3-11(7-12(13)16)9-20-10-15(5-6-15)8-14(17)19-2/h3-4,7H,5-6,8-10H2,1-2H3. The Morgan fingerprint density at radius 2 is 2.15 bits per heavy atom. The van der Waals surface area contributed by atoms with Crippen molar-refractivity contribution < 1.29 is 18.7 Å². The summed E-state index contributed by atoms with van der Waals surface area (Å²) in [5.41, 5.74) is 1.05. The van der Waals surface area contributed by atoms with Crippen LogP contribution in [0.25, 0.3) is 0 Å². The van der Waals surface area contributed by atoms with E-state index in [0.29, 0.717) is 6.42 Å². The van der Waals surface area contributed by atoms with Crippen LogP contribution >= 0.6 is 11.8 Å². The zero-order valence-electron chi connectivity index (χ0n) is 11.8. The van der Waals surface area contributed by atoms with E-state index in [2.05, 4.69) is 0 Å². The van der Waals surface area contributed by atoms with Gasteiger partial charge < -0.3 is 9.47 Å². The van der Waals surface area contributed by atoms with Crippen LogP contribution in [0, 0.1) is 11.2 Å². The summed E-state index contributed by atoms with van der Waals surface area (Å²) in [7, 11) is 2.88. The van der Waals surface area contributed by atoms with Crippen molar-refractivity contribution in [2.75, 3.05) is 20.0 Å². The summed E-state index contributed by atoms with van der Waals surface area (Å²) in [4.78, 5) is 11.3. The van der Waals surface area contributed by atoms with E-state index in [9.17, 15) is 9.18 Å². The van der Waals surface area contributed by atoms with Gasteiger partial charge >= 0.3 is 5.97 Å². The number of rotatable bonds is 7. The molecule has 0 unspecified atom stereocenters. The molecule has 1 aliphatic carbocycles. The number of hydrogen-bond acceptors (Lipinski definition) is 4. The van der Waals surface area contributed by atoms with E-state index in [1.54, 1.807) is 17.8 Å². The molecular weight excluding hydrogens is 279 g/mol. The summed E-state index contributed by atoms with van der Waals surface area (Å²) < 4.78 is 23.2. The zero-order valence-corrected chi connectivity index (χ0v) is 12.6. The van der Waals surface area contributed by atoms with Crippen molar-refractivity contribution in [1.82, 2.24) is 0 Å². The third-order valence-corrected chi connectivity index (χ3v) is 4.95. The van der Waals surface area contributed by atoms with Gasteiger partial charge in [-0.05, 0) is 41.7 Å². The van der Waals surface area contributed by atoms with E-state index < -0.39 is 0 Å². The molecule has 0 saturated heterocycles. The molecule has 0 radical (unpaired) electrons. The van der Waals surface area contributed by atoms with E-state index in [1.807, 2.05) is 6.07 Å². The normalized spacial score (nSPS) is 15.8. The van der Waals surface area contributed by atoms with Crippen LogP contribution in [0.5, 0.6) is 5.75 Å². The molecule has 1 aliphatic rings. The minimum Gasteiger partial charge on any atom is -0.494 e. The molecule has 1 aromatic carbocycles. The van der Waals surface area contributed by atoms with E-state index in [-0.39, 0.29) is 23.0 Å². The number of thioether (sulfide) groups is 1. The number of esters is 1. The van der Waals surface area contributed by atoms with Crippen LogP contribution in [0.2, 0.25) is 0 Å². The summed E-state index contributed by atoms with van der Waals surface area (Å²) in [5.74, 6) is 1.45. The van der Waals surface area contributed by atoms with E-state index in [0.717, 1.165) is 29.9 Å². The van der Waals surface area contributed by atoms with Crippen LogP contribution in [-0.4, -0.2) is 25.9 Å². The second-order valence-corrected chi connectivity index (χ2v) is 6.20. The molecule has 1 saturated carbocycles. The van der Waals surface area contributed by atoms with Crippen LogP contribution in [0.3, 0.4) is 0 Å². The molecule has 0 amide bonds. The molecule has 0 heterocycles. The highest BCUT2D eigenvalue weighted by molar-refractivity contribution is 7.98. The number of carbonyl (C=O) groups excluding carboxylic acids is 1. The van der Waals surface area contributed by atoms with Crippen LogP contribution < -0.4 is 4.74 Å². The molecular formula is C15H19FO3S. The third kappa shape index (κ3) is 3.88. The summed E-state index contributed by atoms with van der Waals surface area (Å²) in [6.45, 7) is 0. The lowest BCUT2D eigenvalue weighted by Crippen LogP contribution is -2.13. The lowest BCUT2D eigenvalue weighted by molar-refractivity contribution is -0.141. The molecule has 1 aromatic rings. The topological polar surface area (TPSA) is 35.5 Å². The summed E-state index contributed by atoms with van der Waals surface area (Å²) >= 11 is 1.74. The number of hydrogen-bond donors (Lipinski definition) is 0. The SMILES string of the molecule is COC(=O)CC1(CSCc2ccc(OC)c(F)c2)CC1. The quantitative estimate of drug-likeness (QED) is 0.723.